The van der Waals surface area contributed by atoms with Gasteiger partial charge in [-0.3, -0.25) is 4.90 Å². The van der Waals surface area contributed by atoms with Gasteiger partial charge in [-0.15, -0.1) is 0 Å². The van der Waals surface area contributed by atoms with Crippen molar-refractivity contribution in [3.8, 4) is 0 Å². The van der Waals surface area contributed by atoms with Crippen LogP contribution >= 0.6 is 11.8 Å². The second kappa shape index (κ2) is 8.19. The Hall–Kier alpha value is -1.34. The summed E-state index contributed by atoms with van der Waals surface area (Å²) in [6, 6.07) is 0. The van der Waals surface area contributed by atoms with Gasteiger partial charge in [0.1, 0.15) is 0 Å². The summed E-state index contributed by atoms with van der Waals surface area (Å²) >= 11 is 2.01. The zero-order valence-corrected chi connectivity index (χ0v) is 13.4. The molecule has 0 atom stereocenters. The molecule has 6 nitrogen and oxygen atoms in total. The third-order valence-corrected chi connectivity index (χ3v) is 4.23. The molecule has 0 aliphatic carbocycles. The lowest BCUT2D eigenvalue weighted by atomic mass is 10.2. The van der Waals surface area contributed by atoms with Gasteiger partial charge >= 0.3 is 5.97 Å². The van der Waals surface area contributed by atoms with Crippen molar-refractivity contribution in [2.75, 3.05) is 49.6 Å². The van der Waals surface area contributed by atoms with E-state index in [4.69, 9.17) is 4.74 Å². The summed E-state index contributed by atoms with van der Waals surface area (Å²) < 4.78 is 4.96. The van der Waals surface area contributed by atoms with Crippen LogP contribution in [-0.2, 0) is 4.74 Å². The first-order valence-electron chi connectivity index (χ1n) is 7.25. The van der Waals surface area contributed by atoms with Crippen molar-refractivity contribution in [1.29, 1.82) is 0 Å². The number of anilines is 1. The van der Waals surface area contributed by atoms with Gasteiger partial charge in [0, 0.05) is 43.9 Å². The van der Waals surface area contributed by atoms with Crippen LogP contribution in [-0.4, -0.2) is 65.1 Å². The maximum Gasteiger partial charge on any atom is 0.341 e. The molecule has 1 fully saturated rings. The van der Waals surface area contributed by atoms with Gasteiger partial charge in [-0.1, -0.05) is 0 Å². The molecule has 0 bridgehead atoms. The van der Waals surface area contributed by atoms with Crippen LogP contribution in [0.1, 0.15) is 23.0 Å². The molecule has 21 heavy (non-hydrogen) atoms. The Morgan fingerprint density at radius 3 is 2.90 bits per heavy atom. The molecule has 1 aliphatic heterocycles. The van der Waals surface area contributed by atoms with Gasteiger partial charge in [0.25, 0.3) is 0 Å². The number of hydrogen-bond acceptors (Lipinski definition) is 7. The number of carbonyl (C=O) groups is 1. The van der Waals surface area contributed by atoms with Crippen LogP contribution < -0.4 is 5.32 Å². The lowest BCUT2D eigenvalue weighted by Gasteiger charge is -2.25. The Labute approximate surface area is 129 Å². The maximum absolute atomic E-state index is 11.7. The minimum Gasteiger partial charge on any atom is -0.462 e. The second-order valence-corrected chi connectivity index (χ2v) is 6.02. The fourth-order valence-electron chi connectivity index (χ4n) is 2.11. The maximum atomic E-state index is 11.7. The number of nitrogens with one attached hydrogen (secondary N) is 1. The fraction of sp³-hybridized carbons (Fsp3) is 0.643. The molecule has 7 heteroatoms. The highest BCUT2D eigenvalue weighted by Crippen LogP contribution is 2.10. The molecule has 0 saturated carbocycles. The van der Waals surface area contributed by atoms with Crippen LogP contribution in [0.25, 0.3) is 0 Å². The van der Waals surface area contributed by atoms with E-state index in [0.717, 1.165) is 26.2 Å². The van der Waals surface area contributed by atoms with E-state index in [0.29, 0.717) is 23.8 Å². The fourth-order valence-corrected chi connectivity index (χ4v) is 3.09. The van der Waals surface area contributed by atoms with E-state index < -0.39 is 0 Å². The number of esters is 1. The van der Waals surface area contributed by atoms with Gasteiger partial charge in [-0.05, 0) is 13.8 Å². The topological polar surface area (TPSA) is 67.3 Å². The van der Waals surface area contributed by atoms with E-state index in [1.54, 1.807) is 13.8 Å². The first kappa shape index (κ1) is 16.0. The molecular weight excluding hydrogens is 288 g/mol. The molecular formula is C14H22N4O2S. The van der Waals surface area contributed by atoms with E-state index in [1.165, 1.54) is 17.7 Å². The van der Waals surface area contributed by atoms with E-state index in [2.05, 4.69) is 20.2 Å². The van der Waals surface area contributed by atoms with E-state index in [9.17, 15) is 4.79 Å². The molecule has 2 heterocycles. The SMILES string of the molecule is CCOC(=O)c1cnc(NCCN2CCSCC2)nc1C. The minimum absolute atomic E-state index is 0.354. The molecule has 0 radical (unpaired) electrons. The average molecular weight is 310 g/mol. The van der Waals surface area contributed by atoms with Gasteiger partial charge in [0.05, 0.1) is 17.9 Å². The summed E-state index contributed by atoms with van der Waals surface area (Å²) in [5.74, 6) is 2.62. The third-order valence-electron chi connectivity index (χ3n) is 3.29. The van der Waals surface area contributed by atoms with Crippen LogP contribution in [0.5, 0.6) is 0 Å². The molecule has 0 aromatic carbocycles. The first-order chi connectivity index (χ1) is 10.2. The molecule has 116 valence electrons. The zero-order valence-electron chi connectivity index (χ0n) is 12.6. The van der Waals surface area contributed by atoms with Gasteiger partial charge in [-0.25, -0.2) is 14.8 Å². The van der Waals surface area contributed by atoms with Crippen LogP contribution in [0.15, 0.2) is 6.20 Å². The van der Waals surface area contributed by atoms with Crippen LogP contribution in [0.4, 0.5) is 5.95 Å². The summed E-state index contributed by atoms with van der Waals surface area (Å²) in [5, 5.41) is 3.21. The highest BCUT2D eigenvalue weighted by atomic mass is 32.2. The lowest BCUT2D eigenvalue weighted by Crippen LogP contribution is -2.36. The zero-order chi connectivity index (χ0) is 15.1. The largest absolute Gasteiger partial charge is 0.462 e. The normalized spacial score (nSPS) is 15.7. The second-order valence-electron chi connectivity index (χ2n) is 4.79. The Morgan fingerprint density at radius 2 is 2.24 bits per heavy atom. The number of rotatable bonds is 6. The predicted octanol–water partition coefficient (Wildman–Crippen LogP) is 1.42. The molecule has 1 aliphatic rings. The molecule has 1 N–H and O–H groups in total. The van der Waals surface area contributed by atoms with Crippen molar-refractivity contribution in [2.45, 2.75) is 13.8 Å². The summed E-state index contributed by atoms with van der Waals surface area (Å²) in [7, 11) is 0. The number of aromatic nitrogens is 2. The minimum atomic E-state index is -0.368. The standard InChI is InChI=1S/C14H22N4O2S/c1-3-20-13(19)12-10-16-14(17-11(12)2)15-4-5-18-6-8-21-9-7-18/h10H,3-9H2,1-2H3,(H,15,16,17). The smallest absolute Gasteiger partial charge is 0.341 e. The van der Waals surface area contributed by atoms with Gasteiger partial charge in [0.15, 0.2) is 0 Å². The number of aryl methyl sites for hydroxylation is 1. The summed E-state index contributed by atoms with van der Waals surface area (Å²) in [6.45, 7) is 8.02. The Bertz CT molecular complexity index is 478. The number of carbonyl (C=O) groups excluding carboxylic acids is 1. The summed E-state index contributed by atoms with van der Waals surface area (Å²) in [5.41, 5.74) is 1.07. The lowest BCUT2D eigenvalue weighted by molar-refractivity contribution is 0.0524. The number of thioether (sulfide) groups is 1. The molecule has 2 rings (SSSR count). The molecule has 0 unspecified atom stereocenters. The van der Waals surface area contributed by atoms with Gasteiger partial charge < -0.3 is 10.1 Å². The Kier molecular flexibility index (Phi) is 6.25. The molecule has 1 saturated heterocycles. The van der Waals surface area contributed by atoms with Crippen LogP contribution in [0.2, 0.25) is 0 Å². The van der Waals surface area contributed by atoms with Crippen molar-refractivity contribution >= 4 is 23.7 Å². The monoisotopic (exact) mass is 310 g/mol. The number of nitrogens with zero attached hydrogens (tertiary/aromatic N) is 3. The average Bonchev–Trinajstić information content (AvgIpc) is 2.48. The molecule has 1 aromatic heterocycles. The highest BCUT2D eigenvalue weighted by molar-refractivity contribution is 7.99. The summed E-state index contributed by atoms with van der Waals surface area (Å²) in [6.07, 6.45) is 1.53. The highest BCUT2D eigenvalue weighted by Gasteiger charge is 2.13. The number of hydrogen-bond donors (Lipinski definition) is 1. The predicted molar refractivity (Wildman–Crippen MR) is 85.0 cm³/mol. The van der Waals surface area contributed by atoms with Crippen LogP contribution in [0.3, 0.4) is 0 Å². The van der Waals surface area contributed by atoms with Crippen molar-refractivity contribution in [2.24, 2.45) is 0 Å². The van der Waals surface area contributed by atoms with Crippen molar-refractivity contribution in [3.05, 3.63) is 17.5 Å². The van der Waals surface area contributed by atoms with E-state index in [1.807, 2.05) is 11.8 Å². The first-order valence-corrected chi connectivity index (χ1v) is 8.41. The quantitative estimate of drug-likeness (QED) is 0.797. The van der Waals surface area contributed by atoms with Crippen molar-refractivity contribution in [1.82, 2.24) is 14.9 Å². The number of ether oxygens (including phenoxy) is 1. The van der Waals surface area contributed by atoms with Crippen LogP contribution in [0, 0.1) is 6.92 Å². The molecule has 1 aromatic rings. The van der Waals surface area contributed by atoms with Gasteiger partial charge in [-0.2, -0.15) is 11.8 Å². The Balaban J connectivity index is 1.83. The summed E-state index contributed by atoms with van der Waals surface area (Å²) in [4.78, 5) is 22.6. The third kappa shape index (κ3) is 4.86. The van der Waals surface area contributed by atoms with Crippen molar-refractivity contribution in [3.63, 3.8) is 0 Å². The molecule has 0 spiro atoms. The van der Waals surface area contributed by atoms with Gasteiger partial charge in [0.2, 0.25) is 5.95 Å². The Morgan fingerprint density at radius 1 is 1.48 bits per heavy atom. The van der Waals surface area contributed by atoms with Crippen molar-refractivity contribution < 1.29 is 9.53 Å². The molecule has 0 amide bonds. The van der Waals surface area contributed by atoms with E-state index in [-0.39, 0.29) is 5.97 Å². The van der Waals surface area contributed by atoms with E-state index >= 15 is 0 Å².